The maximum atomic E-state index is 13.7. The Balaban J connectivity index is 1.52. The van der Waals surface area contributed by atoms with Gasteiger partial charge in [0.25, 0.3) is 0 Å². The molecule has 188 valence electrons. The Morgan fingerprint density at radius 1 is 1.11 bits per heavy atom. The molecular formula is C26H26F3N5OS. The highest BCUT2D eigenvalue weighted by molar-refractivity contribution is 7.80. The van der Waals surface area contributed by atoms with E-state index in [0.29, 0.717) is 56.5 Å². The number of hydrogen-bond donors (Lipinski definition) is 0. The van der Waals surface area contributed by atoms with Gasteiger partial charge in [0.2, 0.25) is 0 Å². The Kier molecular flexibility index (Phi) is 8.23. The molecule has 0 saturated carbocycles. The summed E-state index contributed by atoms with van der Waals surface area (Å²) < 4.78 is 48.4. The van der Waals surface area contributed by atoms with Crippen LogP contribution in [0.1, 0.15) is 27.9 Å². The highest BCUT2D eigenvalue weighted by atomic mass is 32.1. The fraction of sp³-hybridized carbons (Fsp3) is 0.346. The van der Waals surface area contributed by atoms with Crippen molar-refractivity contribution in [3.63, 3.8) is 0 Å². The van der Waals surface area contributed by atoms with Crippen LogP contribution in [0.3, 0.4) is 0 Å². The number of halogens is 3. The van der Waals surface area contributed by atoms with E-state index in [2.05, 4.69) is 11.1 Å². The molecule has 0 radical (unpaired) electrons. The van der Waals surface area contributed by atoms with Crippen molar-refractivity contribution >= 4 is 17.3 Å². The van der Waals surface area contributed by atoms with Crippen LogP contribution in [0, 0.1) is 11.3 Å². The van der Waals surface area contributed by atoms with Gasteiger partial charge in [-0.15, -0.1) is 0 Å². The Labute approximate surface area is 213 Å². The summed E-state index contributed by atoms with van der Waals surface area (Å²) in [6.45, 7) is 3.33. The topological polar surface area (TPSA) is 57.3 Å². The van der Waals surface area contributed by atoms with E-state index in [-0.39, 0.29) is 12.1 Å². The van der Waals surface area contributed by atoms with E-state index in [9.17, 15) is 13.2 Å². The molecule has 2 aromatic carbocycles. The van der Waals surface area contributed by atoms with Crippen LogP contribution in [-0.2, 0) is 30.4 Å². The first-order valence-corrected chi connectivity index (χ1v) is 12.0. The maximum absolute atomic E-state index is 13.7. The zero-order valence-corrected chi connectivity index (χ0v) is 20.4. The number of thiocarbonyl (C=S) groups is 1. The van der Waals surface area contributed by atoms with Crippen molar-refractivity contribution < 1.29 is 17.9 Å². The van der Waals surface area contributed by atoms with Gasteiger partial charge in [-0.2, -0.15) is 18.4 Å². The fourth-order valence-electron chi connectivity index (χ4n) is 4.17. The van der Waals surface area contributed by atoms with Gasteiger partial charge >= 0.3 is 6.18 Å². The Hall–Kier alpha value is -3.42. The van der Waals surface area contributed by atoms with Crippen molar-refractivity contribution in [2.45, 2.75) is 25.7 Å². The number of ether oxygens (including phenoxy) is 1. The van der Waals surface area contributed by atoms with Crippen LogP contribution in [0.2, 0.25) is 0 Å². The van der Waals surface area contributed by atoms with Gasteiger partial charge in [-0.3, -0.25) is 0 Å². The lowest BCUT2D eigenvalue weighted by atomic mass is 10.1. The van der Waals surface area contributed by atoms with Gasteiger partial charge in [0, 0.05) is 51.0 Å². The average Bonchev–Trinajstić information content (AvgIpc) is 3.33. The second kappa shape index (κ2) is 11.5. The van der Waals surface area contributed by atoms with Crippen molar-refractivity contribution in [2.75, 3.05) is 32.8 Å². The van der Waals surface area contributed by atoms with Gasteiger partial charge < -0.3 is 19.1 Å². The summed E-state index contributed by atoms with van der Waals surface area (Å²) in [4.78, 5) is 8.11. The van der Waals surface area contributed by atoms with Crippen LogP contribution in [0.5, 0.6) is 0 Å². The van der Waals surface area contributed by atoms with Crippen LogP contribution < -0.4 is 0 Å². The van der Waals surface area contributed by atoms with Crippen LogP contribution in [0.25, 0.3) is 0 Å². The lowest BCUT2D eigenvalue weighted by molar-refractivity contribution is -0.138. The molecule has 6 nitrogen and oxygen atoms in total. The molecule has 0 spiro atoms. The molecule has 1 saturated heterocycles. The molecular weight excluding hydrogens is 487 g/mol. The first-order chi connectivity index (χ1) is 17.3. The smallest absolute Gasteiger partial charge is 0.378 e. The molecule has 1 aromatic heterocycles. The minimum absolute atomic E-state index is 0.0512. The van der Waals surface area contributed by atoms with Crippen molar-refractivity contribution in [3.8, 4) is 6.07 Å². The number of nitriles is 1. The van der Waals surface area contributed by atoms with Crippen molar-refractivity contribution in [1.82, 2.24) is 19.4 Å². The molecule has 0 unspecified atom stereocenters. The van der Waals surface area contributed by atoms with E-state index in [1.165, 1.54) is 12.1 Å². The molecule has 1 fully saturated rings. The van der Waals surface area contributed by atoms with E-state index in [4.69, 9.17) is 22.2 Å². The summed E-state index contributed by atoms with van der Waals surface area (Å²) in [5, 5.41) is 9.53. The molecule has 0 aliphatic carbocycles. The van der Waals surface area contributed by atoms with E-state index in [1.807, 2.05) is 26.5 Å². The summed E-state index contributed by atoms with van der Waals surface area (Å²) in [6, 6.07) is 15.1. The van der Waals surface area contributed by atoms with E-state index < -0.39 is 11.7 Å². The van der Waals surface area contributed by atoms with E-state index in [0.717, 1.165) is 17.3 Å². The van der Waals surface area contributed by atoms with E-state index in [1.54, 1.807) is 30.7 Å². The van der Waals surface area contributed by atoms with Gasteiger partial charge in [-0.25, -0.2) is 4.98 Å². The Morgan fingerprint density at radius 3 is 2.53 bits per heavy atom. The molecule has 0 amide bonds. The Morgan fingerprint density at radius 2 is 1.83 bits per heavy atom. The van der Waals surface area contributed by atoms with Gasteiger partial charge in [0.1, 0.15) is 0 Å². The normalized spacial score (nSPS) is 13.9. The largest absolute Gasteiger partial charge is 0.416 e. The second-order valence-electron chi connectivity index (χ2n) is 8.53. The third kappa shape index (κ3) is 6.42. The monoisotopic (exact) mass is 513 g/mol. The summed E-state index contributed by atoms with van der Waals surface area (Å²) in [6.07, 6.45) is -0.391. The maximum Gasteiger partial charge on any atom is 0.416 e. The zero-order valence-electron chi connectivity index (χ0n) is 19.6. The highest BCUT2D eigenvalue weighted by Gasteiger charge is 2.33. The van der Waals surface area contributed by atoms with Crippen LogP contribution in [0.15, 0.2) is 61.1 Å². The van der Waals surface area contributed by atoms with Gasteiger partial charge in [0.15, 0.2) is 5.11 Å². The third-order valence-corrected chi connectivity index (χ3v) is 6.62. The highest BCUT2D eigenvalue weighted by Crippen LogP contribution is 2.32. The second-order valence-corrected chi connectivity index (χ2v) is 8.90. The summed E-state index contributed by atoms with van der Waals surface area (Å²) in [7, 11) is 0. The van der Waals surface area contributed by atoms with Gasteiger partial charge in [-0.05, 0) is 41.5 Å². The number of alkyl halides is 3. The van der Waals surface area contributed by atoms with Crippen molar-refractivity contribution in [1.29, 1.82) is 5.26 Å². The minimum atomic E-state index is -4.44. The molecule has 1 aliphatic heterocycles. The molecule has 10 heteroatoms. The lowest BCUT2D eigenvalue weighted by Gasteiger charge is -2.36. The number of rotatable bonds is 7. The number of hydrogen-bond acceptors (Lipinski definition) is 4. The van der Waals surface area contributed by atoms with Crippen LogP contribution in [0.4, 0.5) is 13.2 Å². The van der Waals surface area contributed by atoms with Crippen molar-refractivity contribution in [3.05, 3.63) is 89.0 Å². The summed E-state index contributed by atoms with van der Waals surface area (Å²) in [5.74, 6) is 0. The molecule has 0 bridgehead atoms. The number of morpholine rings is 1. The quantitative estimate of drug-likeness (QED) is 0.434. The number of benzene rings is 2. The zero-order chi connectivity index (χ0) is 25.5. The standard InChI is InChI=1S/C26H26F3N5OS/c27-26(28,29)24-4-2-1-3-22(24)18-33(25(36)32-11-13-35-14-12-32)10-9-23-16-31-19-34(23)17-21-7-5-20(15-30)6-8-21/h1-8,16,19H,9-14,17-18H2. The van der Waals surface area contributed by atoms with Crippen molar-refractivity contribution in [2.24, 2.45) is 0 Å². The SMILES string of the molecule is N#Cc1ccc(Cn2cncc2CCN(Cc2ccccc2C(F)(F)F)C(=S)N2CCOCC2)cc1. The fourth-order valence-corrected chi connectivity index (χ4v) is 4.51. The van der Waals surface area contributed by atoms with Gasteiger partial charge in [-0.1, -0.05) is 30.3 Å². The number of imidazole rings is 1. The first kappa shape index (κ1) is 25.7. The molecule has 36 heavy (non-hydrogen) atoms. The molecule has 0 N–H and O–H groups in total. The first-order valence-electron chi connectivity index (χ1n) is 11.6. The van der Waals surface area contributed by atoms with Crippen LogP contribution >= 0.6 is 12.2 Å². The summed E-state index contributed by atoms with van der Waals surface area (Å²) >= 11 is 5.75. The molecule has 0 atom stereocenters. The Bertz CT molecular complexity index is 1210. The average molecular weight is 514 g/mol. The van der Waals surface area contributed by atoms with Crippen LogP contribution in [-0.4, -0.2) is 57.3 Å². The third-order valence-electron chi connectivity index (χ3n) is 6.11. The summed E-state index contributed by atoms with van der Waals surface area (Å²) in [5.41, 5.74) is 2.10. The molecule has 1 aliphatic rings. The minimum Gasteiger partial charge on any atom is -0.378 e. The number of nitrogens with zero attached hydrogens (tertiary/aromatic N) is 5. The van der Waals surface area contributed by atoms with E-state index >= 15 is 0 Å². The predicted octanol–water partition coefficient (Wildman–Crippen LogP) is 4.48. The molecule has 2 heterocycles. The lowest BCUT2D eigenvalue weighted by Crippen LogP contribution is -2.48. The molecule has 3 aromatic rings. The molecule has 4 rings (SSSR count). The predicted molar refractivity (Wildman–Crippen MR) is 133 cm³/mol. The number of aromatic nitrogens is 2. The van der Waals surface area contributed by atoms with Gasteiger partial charge in [0.05, 0.1) is 36.7 Å².